The molecule has 0 spiro atoms. The van der Waals surface area contributed by atoms with Gasteiger partial charge < -0.3 is 19.3 Å². The SMILES string of the molecule is C.CC(C)Oc1c(Cl)cc(COc2ccc3c(c2)OCC(CN2CCC=C(C(=O)O)C2)=C3)cc1Cl.Cl. The summed E-state index contributed by atoms with van der Waals surface area (Å²) in [4.78, 5) is 13.4. The standard InChI is InChI=1S/C26H27Cl2NO5.CH4.ClH/c1-16(2)34-25-22(27)9-17(10-23(25)28)14-32-21-6-5-19-8-18(15-33-24(19)11-21)12-29-7-3-4-20(13-29)26(30)31;;/h4-6,8-11,16H,3,7,12-15H2,1-2H3,(H,30,31);1H4;1H. The lowest BCUT2D eigenvalue weighted by Gasteiger charge is -2.28. The molecule has 0 bridgehead atoms. The number of fused-ring (bicyclic) bond motifs is 1. The van der Waals surface area contributed by atoms with Crippen molar-refractivity contribution in [1.82, 2.24) is 4.90 Å². The normalized spacial score (nSPS) is 14.9. The number of hydrogen-bond acceptors (Lipinski definition) is 5. The maximum absolute atomic E-state index is 11.3. The molecule has 2 aliphatic heterocycles. The summed E-state index contributed by atoms with van der Waals surface area (Å²) < 4.78 is 17.6. The highest BCUT2D eigenvalue weighted by atomic mass is 35.5. The van der Waals surface area contributed by atoms with Gasteiger partial charge in [-0.25, -0.2) is 4.79 Å². The second-order valence-corrected chi connectivity index (χ2v) is 9.48. The monoisotopic (exact) mass is 555 g/mol. The van der Waals surface area contributed by atoms with Crippen molar-refractivity contribution in [1.29, 1.82) is 0 Å². The van der Waals surface area contributed by atoms with Gasteiger partial charge in [0.05, 0.1) is 16.1 Å². The third-order valence-corrected chi connectivity index (χ3v) is 6.07. The maximum Gasteiger partial charge on any atom is 0.332 e. The molecule has 9 heteroatoms. The molecule has 0 fully saturated rings. The molecule has 0 radical (unpaired) electrons. The van der Waals surface area contributed by atoms with E-state index in [1.54, 1.807) is 18.2 Å². The van der Waals surface area contributed by atoms with Gasteiger partial charge in [-0.3, -0.25) is 4.90 Å². The number of carbonyl (C=O) groups is 1. The van der Waals surface area contributed by atoms with Crippen LogP contribution in [0, 0.1) is 0 Å². The van der Waals surface area contributed by atoms with Gasteiger partial charge in [0.1, 0.15) is 24.7 Å². The molecule has 4 rings (SSSR count). The van der Waals surface area contributed by atoms with Crippen molar-refractivity contribution in [2.45, 2.75) is 40.4 Å². The number of halogens is 3. The Balaban J connectivity index is 0.00000228. The largest absolute Gasteiger partial charge is 0.489 e. The highest BCUT2D eigenvalue weighted by Crippen LogP contribution is 2.36. The van der Waals surface area contributed by atoms with E-state index in [1.165, 1.54) is 0 Å². The predicted molar refractivity (Wildman–Crippen MR) is 147 cm³/mol. The number of ether oxygens (including phenoxy) is 3. The predicted octanol–water partition coefficient (Wildman–Crippen LogP) is 6.91. The number of carboxylic acids is 1. The molecular formula is C27H32Cl3NO5. The van der Waals surface area contributed by atoms with E-state index in [9.17, 15) is 9.90 Å². The molecule has 2 heterocycles. The van der Waals surface area contributed by atoms with Crippen molar-refractivity contribution in [3.05, 3.63) is 68.7 Å². The van der Waals surface area contributed by atoms with E-state index in [1.807, 2.05) is 32.0 Å². The molecule has 0 aliphatic carbocycles. The first-order chi connectivity index (χ1) is 16.3. The molecule has 0 aromatic heterocycles. The third kappa shape index (κ3) is 7.56. The second-order valence-electron chi connectivity index (χ2n) is 8.67. The number of hydrogen-bond donors (Lipinski definition) is 1. The molecule has 0 saturated carbocycles. The van der Waals surface area contributed by atoms with Crippen LogP contribution in [0.3, 0.4) is 0 Å². The summed E-state index contributed by atoms with van der Waals surface area (Å²) >= 11 is 12.7. The number of aliphatic carboxylic acids is 1. The van der Waals surface area contributed by atoms with Crippen LogP contribution in [0.2, 0.25) is 10.0 Å². The van der Waals surface area contributed by atoms with Crippen molar-refractivity contribution >= 4 is 47.7 Å². The Morgan fingerprint density at radius 1 is 1.19 bits per heavy atom. The van der Waals surface area contributed by atoms with Gasteiger partial charge in [-0.2, -0.15) is 0 Å². The lowest BCUT2D eigenvalue weighted by atomic mass is 10.0. The van der Waals surface area contributed by atoms with E-state index < -0.39 is 5.97 Å². The fourth-order valence-electron chi connectivity index (χ4n) is 3.97. The molecule has 0 amide bonds. The van der Waals surface area contributed by atoms with Crippen LogP contribution < -0.4 is 14.2 Å². The minimum absolute atomic E-state index is 0. The fourth-order valence-corrected chi connectivity index (χ4v) is 4.59. The first kappa shape index (κ1) is 29.8. The van der Waals surface area contributed by atoms with Gasteiger partial charge >= 0.3 is 5.97 Å². The lowest BCUT2D eigenvalue weighted by Crippen LogP contribution is -2.34. The van der Waals surface area contributed by atoms with Crippen molar-refractivity contribution in [3.8, 4) is 17.2 Å². The summed E-state index contributed by atoms with van der Waals surface area (Å²) in [6, 6.07) is 9.31. The summed E-state index contributed by atoms with van der Waals surface area (Å²) in [5, 5.41) is 10.1. The molecule has 0 saturated heterocycles. The zero-order chi connectivity index (χ0) is 24.2. The van der Waals surface area contributed by atoms with Gasteiger partial charge in [-0.1, -0.05) is 36.7 Å². The van der Waals surface area contributed by atoms with E-state index >= 15 is 0 Å². The summed E-state index contributed by atoms with van der Waals surface area (Å²) in [7, 11) is 0. The molecule has 2 aromatic carbocycles. The zero-order valence-electron chi connectivity index (χ0n) is 19.6. The highest BCUT2D eigenvalue weighted by Gasteiger charge is 2.20. The van der Waals surface area contributed by atoms with Gasteiger partial charge in [-0.15, -0.1) is 12.4 Å². The Morgan fingerprint density at radius 3 is 2.58 bits per heavy atom. The van der Waals surface area contributed by atoms with Gasteiger partial charge in [-0.05, 0) is 61.7 Å². The van der Waals surface area contributed by atoms with E-state index in [0.717, 1.165) is 35.4 Å². The fraction of sp³-hybridized carbons (Fsp3) is 0.370. The molecular weight excluding hydrogens is 525 g/mol. The molecule has 0 atom stereocenters. The van der Waals surface area contributed by atoms with Crippen molar-refractivity contribution in [2.75, 3.05) is 26.2 Å². The maximum atomic E-state index is 11.3. The van der Waals surface area contributed by atoms with E-state index in [-0.39, 0.29) is 25.9 Å². The third-order valence-electron chi connectivity index (χ3n) is 5.51. The average molecular weight is 557 g/mol. The lowest BCUT2D eigenvalue weighted by molar-refractivity contribution is -0.133. The molecule has 0 unspecified atom stereocenters. The smallest absolute Gasteiger partial charge is 0.332 e. The molecule has 2 aromatic rings. The van der Waals surface area contributed by atoms with Crippen LogP contribution in [-0.4, -0.2) is 48.3 Å². The highest BCUT2D eigenvalue weighted by molar-refractivity contribution is 6.37. The number of carboxylic acid groups (broad SMARTS) is 1. The van der Waals surface area contributed by atoms with Crippen LogP contribution in [0.25, 0.3) is 6.08 Å². The van der Waals surface area contributed by atoms with Crippen LogP contribution in [0.5, 0.6) is 17.2 Å². The molecule has 36 heavy (non-hydrogen) atoms. The zero-order valence-corrected chi connectivity index (χ0v) is 21.9. The van der Waals surface area contributed by atoms with E-state index in [2.05, 4.69) is 11.0 Å². The van der Waals surface area contributed by atoms with Crippen molar-refractivity contribution in [2.24, 2.45) is 0 Å². The Morgan fingerprint density at radius 2 is 1.92 bits per heavy atom. The Kier molecular flexibility index (Phi) is 11.0. The van der Waals surface area contributed by atoms with Crippen LogP contribution in [-0.2, 0) is 11.4 Å². The number of nitrogens with zero attached hydrogens (tertiary/aromatic N) is 1. The Labute approximate surface area is 228 Å². The Bertz CT molecular complexity index is 1120. The summed E-state index contributed by atoms with van der Waals surface area (Å²) in [5.74, 6) is 1.06. The van der Waals surface area contributed by atoms with E-state index in [0.29, 0.717) is 53.4 Å². The van der Waals surface area contributed by atoms with Crippen LogP contribution in [0.15, 0.2) is 47.6 Å². The Hall–Kier alpha value is -2.38. The second kappa shape index (κ2) is 13.2. The molecule has 1 N–H and O–H groups in total. The van der Waals surface area contributed by atoms with E-state index in [4.69, 9.17) is 37.4 Å². The number of rotatable bonds is 8. The minimum atomic E-state index is -0.846. The van der Waals surface area contributed by atoms with Gasteiger partial charge in [0.25, 0.3) is 0 Å². The van der Waals surface area contributed by atoms with Crippen LogP contribution in [0.4, 0.5) is 0 Å². The van der Waals surface area contributed by atoms with Crippen molar-refractivity contribution < 1.29 is 24.1 Å². The van der Waals surface area contributed by atoms with Gasteiger partial charge in [0, 0.05) is 36.8 Å². The summed E-state index contributed by atoms with van der Waals surface area (Å²) in [6.45, 7) is 6.56. The van der Waals surface area contributed by atoms with Crippen molar-refractivity contribution in [3.63, 3.8) is 0 Å². The topological polar surface area (TPSA) is 68.2 Å². The minimum Gasteiger partial charge on any atom is -0.489 e. The first-order valence-electron chi connectivity index (χ1n) is 11.2. The summed E-state index contributed by atoms with van der Waals surface area (Å²) in [5.41, 5.74) is 3.38. The molecule has 196 valence electrons. The molecule has 2 aliphatic rings. The first-order valence-corrected chi connectivity index (χ1v) is 11.9. The van der Waals surface area contributed by atoms with Crippen LogP contribution in [0.1, 0.15) is 38.8 Å². The summed E-state index contributed by atoms with van der Waals surface area (Å²) in [6.07, 6.45) is 4.63. The number of benzene rings is 2. The van der Waals surface area contributed by atoms with Crippen LogP contribution >= 0.6 is 35.6 Å². The van der Waals surface area contributed by atoms with Gasteiger partial charge in [0.2, 0.25) is 0 Å². The molecule has 6 nitrogen and oxygen atoms in total. The van der Waals surface area contributed by atoms with Gasteiger partial charge in [0.15, 0.2) is 5.75 Å². The quantitative estimate of drug-likeness (QED) is 0.381. The average Bonchev–Trinajstić information content (AvgIpc) is 2.80.